The molecule has 0 bridgehead atoms. The Balaban J connectivity index is 2.87. The van der Waals surface area contributed by atoms with Crippen LogP contribution in [0.4, 0.5) is 13.2 Å². The molecule has 0 aromatic heterocycles. The van der Waals surface area contributed by atoms with E-state index in [1.54, 1.807) is 6.07 Å². The van der Waals surface area contributed by atoms with Crippen LogP contribution in [-0.2, 0) is 5.75 Å². The summed E-state index contributed by atoms with van der Waals surface area (Å²) < 4.78 is 39.2. The second-order valence-electron chi connectivity index (χ2n) is 2.31. The first kappa shape index (κ1) is 10.2. The fourth-order valence-corrected chi connectivity index (χ4v) is 1.12. The number of rotatable bonds is 2. The minimum absolute atomic E-state index is 0.190. The van der Waals surface area contributed by atoms with Crippen molar-refractivity contribution in [2.75, 3.05) is 0 Å². The van der Waals surface area contributed by atoms with Crippen LogP contribution >= 0.6 is 12.6 Å². The zero-order valence-electron chi connectivity index (χ0n) is 6.51. The van der Waals surface area contributed by atoms with Gasteiger partial charge >= 0.3 is 6.36 Å². The molecule has 0 fully saturated rings. The van der Waals surface area contributed by atoms with E-state index in [9.17, 15) is 13.2 Å². The predicted octanol–water partition coefficient (Wildman–Crippen LogP) is 3.02. The number of alkyl halides is 3. The van der Waals surface area contributed by atoms with Crippen molar-refractivity contribution in [1.29, 1.82) is 0 Å². The third-order valence-corrected chi connectivity index (χ3v) is 1.71. The molecule has 0 heterocycles. The molecular formula is C8H7F3OS. The van der Waals surface area contributed by atoms with E-state index < -0.39 is 6.36 Å². The number of benzene rings is 1. The van der Waals surface area contributed by atoms with Crippen molar-refractivity contribution < 1.29 is 17.9 Å². The largest absolute Gasteiger partial charge is 0.573 e. The van der Waals surface area contributed by atoms with Crippen molar-refractivity contribution >= 4 is 12.6 Å². The summed E-state index contributed by atoms with van der Waals surface area (Å²) in [6.07, 6.45) is -4.64. The smallest absolute Gasteiger partial charge is 0.405 e. The maximum absolute atomic E-state index is 11.8. The van der Waals surface area contributed by atoms with E-state index in [4.69, 9.17) is 0 Å². The molecule has 0 aliphatic heterocycles. The third kappa shape index (κ3) is 3.18. The van der Waals surface area contributed by atoms with Crippen molar-refractivity contribution in [3.8, 4) is 5.75 Å². The lowest BCUT2D eigenvalue weighted by atomic mass is 10.2. The van der Waals surface area contributed by atoms with E-state index in [0.29, 0.717) is 5.56 Å². The molecule has 0 saturated heterocycles. The first-order valence-corrected chi connectivity index (χ1v) is 4.10. The fourth-order valence-electron chi connectivity index (χ4n) is 0.859. The minimum Gasteiger partial charge on any atom is -0.405 e. The maximum Gasteiger partial charge on any atom is 0.573 e. The second kappa shape index (κ2) is 3.91. The molecule has 1 aromatic carbocycles. The fraction of sp³-hybridized carbons (Fsp3) is 0.250. The lowest BCUT2D eigenvalue weighted by molar-refractivity contribution is -0.274. The van der Waals surface area contributed by atoms with Crippen molar-refractivity contribution in [2.24, 2.45) is 0 Å². The van der Waals surface area contributed by atoms with E-state index in [1.807, 2.05) is 0 Å². The van der Waals surface area contributed by atoms with Gasteiger partial charge in [0, 0.05) is 11.3 Å². The van der Waals surface area contributed by atoms with Crippen molar-refractivity contribution in [3.63, 3.8) is 0 Å². The van der Waals surface area contributed by atoms with Gasteiger partial charge in [-0.1, -0.05) is 18.2 Å². The number of hydrogen-bond acceptors (Lipinski definition) is 2. The standard InChI is InChI=1S/C8H7F3OS/c9-8(10,11)12-7-4-2-1-3-6(7)5-13/h1-4,13H,5H2. The molecular weight excluding hydrogens is 201 g/mol. The van der Waals surface area contributed by atoms with E-state index in [2.05, 4.69) is 17.4 Å². The van der Waals surface area contributed by atoms with Gasteiger partial charge < -0.3 is 4.74 Å². The molecule has 72 valence electrons. The molecule has 0 aliphatic rings. The Morgan fingerprint density at radius 1 is 1.23 bits per heavy atom. The number of halogens is 3. The summed E-state index contributed by atoms with van der Waals surface area (Å²) in [5, 5.41) is 0. The lowest BCUT2D eigenvalue weighted by Gasteiger charge is -2.11. The van der Waals surface area contributed by atoms with E-state index in [1.165, 1.54) is 18.2 Å². The average molecular weight is 208 g/mol. The average Bonchev–Trinajstić information content (AvgIpc) is 2.02. The topological polar surface area (TPSA) is 9.23 Å². The second-order valence-corrected chi connectivity index (χ2v) is 2.63. The summed E-state index contributed by atoms with van der Waals surface area (Å²) in [6.45, 7) is 0. The zero-order chi connectivity index (χ0) is 9.90. The van der Waals surface area contributed by atoms with Gasteiger partial charge in [-0.2, -0.15) is 12.6 Å². The number of thiol groups is 1. The number of para-hydroxylation sites is 1. The molecule has 0 unspecified atom stereocenters. The Hall–Kier alpha value is -0.840. The highest BCUT2D eigenvalue weighted by Gasteiger charge is 2.31. The molecule has 1 rings (SSSR count). The summed E-state index contributed by atoms with van der Waals surface area (Å²) in [5.74, 6) is 0.0247. The molecule has 1 aromatic rings. The Morgan fingerprint density at radius 3 is 2.38 bits per heavy atom. The van der Waals surface area contributed by atoms with Gasteiger partial charge in [-0.3, -0.25) is 0 Å². The van der Waals surface area contributed by atoms with Gasteiger partial charge in [0.15, 0.2) is 0 Å². The molecule has 5 heteroatoms. The first-order chi connectivity index (χ1) is 6.03. The SMILES string of the molecule is FC(F)(F)Oc1ccccc1CS. The summed E-state index contributed by atoms with van der Waals surface area (Å²) in [7, 11) is 0. The Kier molecular flexibility index (Phi) is 3.08. The van der Waals surface area contributed by atoms with Gasteiger partial charge in [0.25, 0.3) is 0 Å². The predicted molar refractivity (Wildman–Crippen MR) is 45.8 cm³/mol. The van der Waals surface area contributed by atoms with Gasteiger partial charge in [-0.05, 0) is 6.07 Å². The van der Waals surface area contributed by atoms with Gasteiger partial charge in [0.1, 0.15) is 5.75 Å². The summed E-state index contributed by atoms with van der Waals surface area (Å²) in [6, 6.07) is 5.91. The van der Waals surface area contributed by atoms with Gasteiger partial charge in [-0.15, -0.1) is 13.2 Å². The third-order valence-electron chi connectivity index (χ3n) is 1.37. The molecule has 0 atom stereocenters. The molecule has 0 spiro atoms. The van der Waals surface area contributed by atoms with Crippen molar-refractivity contribution in [3.05, 3.63) is 29.8 Å². The van der Waals surface area contributed by atoms with Crippen LogP contribution in [0, 0.1) is 0 Å². The van der Waals surface area contributed by atoms with Gasteiger partial charge in [-0.25, -0.2) is 0 Å². The van der Waals surface area contributed by atoms with Crippen LogP contribution in [0.25, 0.3) is 0 Å². The monoisotopic (exact) mass is 208 g/mol. The summed E-state index contributed by atoms with van der Waals surface area (Å²) in [5.41, 5.74) is 0.420. The number of ether oxygens (including phenoxy) is 1. The summed E-state index contributed by atoms with van der Waals surface area (Å²) >= 11 is 3.88. The minimum atomic E-state index is -4.64. The van der Waals surface area contributed by atoms with Crippen molar-refractivity contribution in [2.45, 2.75) is 12.1 Å². The van der Waals surface area contributed by atoms with Crippen LogP contribution in [0.15, 0.2) is 24.3 Å². The molecule has 13 heavy (non-hydrogen) atoms. The van der Waals surface area contributed by atoms with Crippen LogP contribution in [0.5, 0.6) is 5.75 Å². The Bertz CT molecular complexity index is 285. The Morgan fingerprint density at radius 2 is 1.85 bits per heavy atom. The van der Waals surface area contributed by atoms with Crippen molar-refractivity contribution in [1.82, 2.24) is 0 Å². The van der Waals surface area contributed by atoms with E-state index >= 15 is 0 Å². The van der Waals surface area contributed by atoms with Crippen LogP contribution in [0.3, 0.4) is 0 Å². The molecule has 1 nitrogen and oxygen atoms in total. The highest BCUT2D eigenvalue weighted by molar-refractivity contribution is 7.79. The first-order valence-electron chi connectivity index (χ1n) is 3.47. The quantitative estimate of drug-likeness (QED) is 0.735. The number of hydrogen-bond donors (Lipinski definition) is 1. The van der Waals surface area contributed by atoms with E-state index in [0.717, 1.165) is 0 Å². The highest BCUT2D eigenvalue weighted by Crippen LogP contribution is 2.26. The molecule has 0 saturated carbocycles. The normalized spacial score (nSPS) is 11.4. The van der Waals surface area contributed by atoms with Crippen LogP contribution in [0.2, 0.25) is 0 Å². The zero-order valence-corrected chi connectivity index (χ0v) is 7.40. The van der Waals surface area contributed by atoms with Crippen LogP contribution in [0.1, 0.15) is 5.56 Å². The van der Waals surface area contributed by atoms with Gasteiger partial charge in [0.2, 0.25) is 0 Å². The molecule has 0 N–H and O–H groups in total. The molecule has 0 aliphatic carbocycles. The van der Waals surface area contributed by atoms with Gasteiger partial charge in [0.05, 0.1) is 0 Å². The van der Waals surface area contributed by atoms with E-state index in [-0.39, 0.29) is 11.5 Å². The summed E-state index contributed by atoms with van der Waals surface area (Å²) in [4.78, 5) is 0. The van der Waals surface area contributed by atoms with Crippen LogP contribution in [-0.4, -0.2) is 6.36 Å². The maximum atomic E-state index is 11.8. The highest BCUT2D eigenvalue weighted by atomic mass is 32.1. The molecule has 0 radical (unpaired) electrons. The lowest BCUT2D eigenvalue weighted by Crippen LogP contribution is -2.17. The molecule has 0 amide bonds. The van der Waals surface area contributed by atoms with Crippen LogP contribution < -0.4 is 4.74 Å². The Labute approximate surface area is 78.9 Å².